The van der Waals surface area contributed by atoms with Crippen molar-refractivity contribution in [1.82, 2.24) is 4.98 Å². The molecular formula is C18H17FN4O6S. The molecule has 0 saturated heterocycles. The quantitative estimate of drug-likeness (QED) is 0.247. The predicted octanol–water partition coefficient (Wildman–Crippen LogP) is 2.46. The van der Waals surface area contributed by atoms with Gasteiger partial charge in [-0.3, -0.25) is 20.3 Å². The molecule has 1 aromatic heterocycles. The number of rotatable bonds is 8. The summed E-state index contributed by atoms with van der Waals surface area (Å²) in [5, 5.41) is 15.2. The molecule has 0 atom stereocenters. The maximum Gasteiger partial charge on any atom is 0.350 e. The predicted molar refractivity (Wildman–Crippen MR) is 107 cm³/mol. The SMILES string of the molecule is CCOC(=O)c1sc(NC(=O)/C(=N/Nc2cc(F)ccc2C(=O)O)C(C)=O)nc1C. The maximum absolute atomic E-state index is 13.4. The number of anilines is 2. The summed E-state index contributed by atoms with van der Waals surface area (Å²) in [6.07, 6.45) is 0. The van der Waals surface area contributed by atoms with Gasteiger partial charge in [-0.1, -0.05) is 11.3 Å². The highest BCUT2D eigenvalue weighted by Gasteiger charge is 2.22. The van der Waals surface area contributed by atoms with Crippen LogP contribution < -0.4 is 10.7 Å². The Morgan fingerprint density at radius 3 is 2.60 bits per heavy atom. The number of halogens is 1. The third-order valence-electron chi connectivity index (χ3n) is 3.53. The van der Waals surface area contributed by atoms with Crippen molar-refractivity contribution in [1.29, 1.82) is 0 Å². The van der Waals surface area contributed by atoms with Gasteiger partial charge in [0.2, 0.25) is 0 Å². The summed E-state index contributed by atoms with van der Waals surface area (Å²) in [7, 11) is 0. The molecule has 0 bridgehead atoms. The van der Waals surface area contributed by atoms with E-state index in [1.165, 1.54) is 0 Å². The molecular weight excluding hydrogens is 419 g/mol. The summed E-state index contributed by atoms with van der Waals surface area (Å²) in [6.45, 7) is 4.44. The second-order valence-corrected chi connectivity index (χ2v) is 6.73. The van der Waals surface area contributed by atoms with Gasteiger partial charge < -0.3 is 9.84 Å². The van der Waals surface area contributed by atoms with Gasteiger partial charge in [0, 0.05) is 6.92 Å². The van der Waals surface area contributed by atoms with Gasteiger partial charge in [0.1, 0.15) is 10.7 Å². The Morgan fingerprint density at radius 2 is 2.00 bits per heavy atom. The van der Waals surface area contributed by atoms with Gasteiger partial charge >= 0.3 is 11.9 Å². The summed E-state index contributed by atoms with van der Waals surface area (Å²) in [5.41, 5.74) is 1.40. The lowest BCUT2D eigenvalue weighted by Gasteiger charge is -2.07. The van der Waals surface area contributed by atoms with Crippen LogP contribution in [0.1, 0.15) is 39.6 Å². The lowest BCUT2D eigenvalue weighted by molar-refractivity contribution is -0.114. The van der Waals surface area contributed by atoms with Crippen LogP contribution in [0, 0.1) is 12.7 Å². The number of thiazole rings is 1. The van der Waals surface area contributed by atoms with Crippen LogP contribution in [-0.2, 0) is 14.3 Å². The first kappa shape index (κ1) is 22.6. The molecule has 1 heterocycles. The molecule has 10 nitrogen and oxygen atoms in total. The van der Waals surface area contributed by atoms with Crippen LogP contribution in [-0.4, -0.2) is 46.0 Å². The largest absolute Gasteiger partial charge is 0.478 e. The molecule has 0 fully saturated rings. The van der Waals surface area contributed by atoms with Crippen molar-refractivity contribution in [2.24, 2.45) is 5.10 Å². The molecule has 0 radical (unpaired) electrons. The first-order valence-electron chi connectivity index (χ1n) is 8.47. The lowest BCUT2D eigenvalue weighted by atomic mass is 10.2. The molecule has 1 aromatic carbocycles. The van der Waals surface area contributed by atoms with Crippen LogP contribution in [0.15, 0.2) is 23.3 Å². The number of aromatic carboxylic acids is 1. The lowest BCUT2D eigenvalue weighted by Crippen LogP contribution is -2.29. The highest BCUT2D eigenvalue weighted by molar-refractivity contribution is 7.17. The molecule has 0 aliphatic heterocycles. The molecule has 12 heteroatoms. The second kappa shape index (κ2) is 9.69. The molecule has 0 aliphatic rings. The number of carboxylic acids is 1. The molecule has 0 spiro atoms. The zero-order valence-electron chi connectivity index (χ0n) is 16.1. The number of ether oxygens (including phenoxy) is 1. The standard InChI is InChI=1S/C18H17FN4O6S/c1-4-29-17(28)14-8(2)20-18(30-14)21-15(25)13(9(3)24)23-22-12-7-10(19)5-6-11(12)16(26)27/h5-7,22H,4H2,1-3H3,(H,26,27)(H,20,21,25)/b23-13+. The Hall–Kier alpha value is -3.67. The topological polar surface area (TPSA) is 147 Å². The molecule has 158 valence electrons. The number of esters is 1. The van der Waals surface area contributed by atoms with Gasteiger partial charge in [0.15, 0.2) is 16.6 Å². The van der Waals surface area contributed by atoms with Crippen molar-refractivity contribution in [3.05, 3.63) is 40.2 Å². The second-order valence-electron chi connectivity index (χ2n) is 5.73. The maximum atomic E-state index is 13.4. The Bertz CT molecular complexity index is 1050. The third-order valence-corrected chi connectivity index (χ3v) is 4.58. The van der Waals surface area contributed by atoms with Gasteiger partial charge in [0.05, 0.1) is 23.6 Å². The minimum Gasteiger partial charge on any atom is -0.478 e. The van der Waals surface area contributed by atoms with E-state index in [0.29, 0.717) is 5.69 Å². The molecule has 0 saturated carbocycles. The van der Waals surface area contributed by atoms with E-state index in [-0.39, 0.29) is 27.9 Å². The number of Topliss-reactive ketones (excluding diaryl/α,β-unsaturated/α-hetero) is 1. The molecule has 0 aliphatic carbocycles. The number of carbonyl (C=O) groups excluding carboxylic acids is 3. The van der Waals surface area contributed by atoms with Crippen LogP contribution in [0.3, 0.4) is 0 Å². The molecule has 2 rings (SSSR count). The van der Waals surface area contributed by atoms with E-state index in [2.05, 4.69) is 20.8 Å². The minimum absolute atomic E-state index is 0.0338. The van der Waals surface area contributed by atoms with E-state index in [1.54, 1.807) is 13.8 Å². The van der Waals surface area contributed by atoms with E-state index >= 15 is 0 Å². The van der Waals surface area contributed by atoms with Crippen molar-refractivity contribution in [2.75, 3.05) is 17.3 Å². The van der Waals surface area contributed by atoms with Gasteiger partial charge in [-0.2, -0.15) is 5.10 Å². The number of carbonyl (C=O) groups is 4. The summed E-state index contributed by atoms with van der Waals surface area (Å²) in [5.74, 6) is -4.38. The summed E-state index contributed by atoms with van der Waals surface area (Å²) in [6, 6.07) is 2.82. The number of aryl methyl sites for hydroxylation is 1. The fraction of sp³-hybridized carbons (Fsp3) is 0.222. The Balaban J connectivity index is 2.25. The van der Waals surface area contributed by atoms with Crippen molar-refractivity contribution in [2.45, 2.75) is 20.8 Å². The number of amides is 1. The first-order valence-corrected chi connectivity index (χ1v) is 9.29. The van der Waals surface area contributed by atoms with Gasteiger partial charge in [-0.25, -0.2) is 19.0 Å². The average molecular weight is 436 g/mol. The molecule has 0 unspecified atom stereocenters. The number of nitrogens with zero attached hydrogens (tertiary/aromatic N) is 2. The summed E-state index contributed by atoms with van der Waals surface area (Å²) >= 11 is 0.856. The van der Waals surface area contributed by atoms with Crippen molar-refractivity contribution >= 4 is 51.5 Å². The third kappa shape index (κ3) is 5.44. The minimum atomic E-state index is -1.36. The van der Waals surface area contributed by atoms with Crippen LogP contribution in [0.2, 0.25) is 0 Å². The van der Waals surface area contributed by atoms with E-state index in [4.69, 9.17) is 9.84 Å². The number of hydrogen-bond acceptors (Lipinski definition) is 9. The number of benzene rings is 1. The molecule has 3 N–H and O–H groups in total. The van der Waals surface area contributed by atoms with Gasteiger partial charge in [-0.05, 0) is 32.0 Å². The Morgan fingerprint density at radius 1 is 1.30 bits per heavy atom. The van der Waals surface area contributed by atoms with E-state index in [0.717, 1.165) is 36.5 Å². The number of nitrogens with one attached hydrogen (secondary N) is 2. The first-order chi connectivity index (χ1) is 14.1. The number of ketones is 1. The fourth-order valence-corrected chi connectivity index (χ4v) is 3.05. The van der Waals surface area contributed by atoms with Crippen molar-refractivity contribution in [3.63, 3.8) is 0 Å². The fourth-order valence-electron chi connectivity index (χ4n) is 2.19. The van der Waals surface area contributed by atoms with Crippen molar-refractivity contribution < 1.29 is 33.4 Å². The van der Waals surface area contributed by atoms with Crippen LogP contribution in [0.25, 0.3) is 0 Å². The zero-order valence-corrected chi connectivity index (χ0v) is 16.9. The number of hydrogen-bond donors (Lipinski definition) is 3. The molecule has 2 aromatic rings. The van der Waals surface area contributed by atoms with Crippen LogP contribution >= 0.6 is 11.3 Å². The number of hydrazone groups is 1. The van der Waals surface area contributed by atoms with E-state index in [9.17, 15) is 23.6 Å². The van der Waals surface area contributed by atoms with E-state index < -0.39 is 35.2 Å². The molecule has 1 amide bonds. The zero-order chi connectivity index (χ0) is 22.4. The highest BCUT2D eigenvalue weighted by atomic mass is 32.1. The normalized spacial score (nSPS) is 11.0. The van der Waals surface area contributed by atoms with Crippen molar-refractivity contribution in [3.8, 4) is 0 Å². The Kier molecular flexibility index (Phi) is 7.31. The van der Waals surface area contributed by atoms with E-state index in [1.807, 2.05) is 0 Å². The summed E-state index contributed by atoms with van der Waals surface area (Å²) < 4.78 is 18.3. The van der Waals surface area contributed by atoms with Gasteiger partial charge in [0.25, 0.3) is 5.91 Å². The summed E-state index contributed by atoms with van der Waals surface area (Å²) in [4.78, 5) is 51.6. The van der Waals surface area contributed by atoms with Crippen LogP contribution in [0.4, 0.5) is 15.2 Å². The number of aromatic nitrogens is 1. The highest BCUT2D eigenvalue weighted by Crippen LogP contribution is 2.23. The average Bonchev–Trinajstić information content (AvgIpc) is 3.01. The van der Waals surface area contributed by atoms with Gasteiger partial charge in [-0.15, -0.1) is 0 Å². The number of carboxylic acid groups (broad SMARTS) is 1. The monoisotopic (exact) mass is 436 g/mol. The smallest absolute Gasteiger partial charge is 0.350 e. The molecule has 30 heavy (non-hydrogen) atoms. The van der Waals surface area contributed by atoms with Crippen LogP contribution in [0.5, 0.6) is 0 Å². The Labute approximate surface area is 173 Å².